The minimum atomic E-state index is -1.55. The average Bonchev–Trinajstić information content (AvgIpc) is 2.90. The quantitative estimate of drug-likeness (QED) is 0.0999. The highest BCUT2D eigenvalue weighted by Crippen LogP contribution is 2.06. The van der Waals surface area contributed by atoms with Gasteiger partial charge < -0.3 is 42.3 Å². The molecule has 1 aromatic carbocycles. The molecule has 0 spiro atoms. The number of unbranched alkanes of at least 4 members (excludes halogenated alkanes) is 3. The molecule has 3 atom stereocenters. The number of carboxylic acid groups (broad SMARTS) is 3. The van der Waals surface area contributed by atoms with Crippen LogP contribution in [0.3, 0.4) is 0 Å². The summed E-state index contributed by atoms with van der Waals surface area (Å²) in [4.78, 5) is 71.2. The molecule has 0 unspecified atom stereocenters. The van der Waals surface area contributed by atoms with Gasteiger partial charge in [-0.05, 0) is 37.8 Å². The van der Waals surface area contributed by atoms with E-state index in [4.69, 9.17) is 15.9 Å². The molecule has 14 nitrogen and oxygen atoms in total. The van der Waals surface area contributed by atoms with E-state index in [-0.39, 0.29) is 25.2 Å². The second-order valence-corrected chi connectivity index (χ2v) is 9.17. The number of urea groups is 1. The van der Waals surface area contributed by atoms with Crippen LogP contribution >= 0.6 is 0 Å². The van der Waals surface area contributed by atoms with E-state index < -0.39 is 60.8 Å². The smallest absolute Gasteiger partial charge is 0.326 e. The first kappa shape index (κ1) is 33.8. The number of amides is 4. The Kier molecular flexibility index (Phi) is 16.0. The van der Waals surface area contributed by atoms with Crippen LogP contribution < -0.4 is 27.0 Å². The van der Waals surface area contributed by atoms with Crippen molar-refractivity contribution in [3.63, 3.8) is 0 Å². The number of benzene rings is 1. The van der Waals surface area contributed by atoms with E-state index in [1.165, 1.54) is 0 Å². The van der Waals surface area contributed by atoms with Crippen LogP contribution in [-0.2, 0) is 30.4 Å². The van der Waals surface area contributed by atoms with E-state index in [1.807, 2.05) is 23.5 Å². The van der Waals surface area contributed by atoms with Gasteiger partial charge in [-0.3, -0.25) is 14.4 Å². The van der Waals surface area contributed by atoms with Crippen molar-refractivity contribution < 1.29 is 44.1 Å². The summed E-state index contributed by atoms with van der Waals surface area (Å²) in [5.74, 6) is -5.21. The lowest BCUT2D eigenvalue weighted by molar-refractivity contribution is -0.141. The number of rotatable bonds is 20. The number of aliphatic carboxylic acids is 3. The van der Waals surface area contributed by atoms with Gasteiger partial charge in [-0.15, -0.1) is 0 Å². The molecule has 1 rings (SSSR count). The topological polar surface area (TPSA) is 237 Å². The van der Waals surface area contributed by atoms with Gasteiger partial charge >= 0.3 is 23.9 Å². The SMILES string of the molecule is NCCCCCCNC(=O)[C@H](Cc1ccccc1)NC(=O)CC[C@H](NC(=O)N[C@@H](CCC(=O)O)C(=O)O)C(=O)O. The summed E-state index contributed by atoms with van der Waals surface area (Å²) in [6.45, 7) is 1.03. The van der Waals surface area contributed by atoms with Crippen molar-refractivity contribution in [2.75, 3.05) is 13.1 Å². The molecule has 0 fully saturated rings. The maximum atomic E-state index is 12.8. The van der Waals surface area contributed by atoms with Crippen molar-refractivity contribution in [2.24, 2.45) is 5.73 Å². The zero-order valence-electron chi connectivity index (χ0n) is 22.3. The van der Waals surface area contributed by atoms with Gasteiger partial charge in [0.2, 0.25) is 11.8 Å². The lowest BCUT2D eigenvalue weighted by Gasteiger charge is -2.20. The third-order valence-electron chi connectivity index (χ3n) is 5.88. The maximum Gasteiger partial charge on any atom is 0.326 e. The molecular formula is C26H39N5O9. The summed E-state index contributed by atoms with van der Waals surface area (Å²) in [5, 5.41) is 36.9. The van der Waals surface area contributed by atoms with E-state index in [1.54, 1.807) is 12.1 Å². The summed E-state index contributed by atoms with van der Waals surface area (Å²) in [7, 11) is 0. The van der Waals surface area contributed by atoms with Crippen LogP contribution in [0.4, 0.5) is 4.79 Å². The number of carbonyl (C=O) groups is 6. The van der Waals surface area contributed by atoms with Gasteiger partial charge in [0.15, 0.2) is 0 Å². The highest BCUT2D eigenvalue weighted by atomic mass is 16.4. The number of hydrogen-bond acceptors (Lipinski definition) is 7. The standard InChI is InChI=1S/C26H39N5O9/c27-14-6-1-2-7-15-28-23(35)20(16-17-8-4-3-5-9-17)29-21(32)12-10-18(24(36)37)30-26(40)31-19(25(38)39)11-13-22(33)34/h3-5,8-9,18-20H,1-2,6-7,10-16,27H2,(H,28,35)(H,29,32)(H,33,34)(H,36,37)(H,38,39)(H2,30,31,40)/t18-,19-,20-/m0/s1. The lowest BCUT2D eigenvalue weighted by atomic mass is 10.0. The van der Waals surface area contributed by atoms with Crippen molar-refractivity contribution in [3.05, 3.63) is 35.9 Å². The minimum absolute atomic E-state index is 0.210. The zero-order valence-corrected chi connectivity index (χ0v) is 22.3. The number of nitrogens with one attached hydrogen (secondary N) is 4. The Morgan fingerprint density at radius 1 is 0.725 bits per heavy atom. The summed E-state index contributed by atoms with van der Waals surface area (Å²) in [6.07, 6.45) is 2.09. The van der Waals surface area contributed by atoms with Gasteiger partial charge in [-0.25, -0.2) is 14.4 Å². The molecule has 4 amide bonds. The molecule has 0 aliphatic heterocycles. The van der Waals surface area contributed by atoms with Crippen LogP contribution in [-0.4, -0.2) is 82.3 Å². The molecule has 0 saturated heterocycles. The molecule has 0 aromatic heterocycles. The van der Waals surface area contributed by atoms with Crippen LogP contribution in [0.25, 0.3) is 0 Å². The third-order valence-corrected chi connectivity index (χ3v) is 5.88. The summed E-state index contributed by atoms with van der Waals surface area (Å²) >= 11 is 0. The van der Waals surface area contributed by atoms with E-state index in [0.717, 1.165) is 31.2 Å². The van der Waals surface area contributed by atoms with E-state index in [2.05, 4.69) is 16.0 Å². The number of nitrogens with two attached hydrogens (primary N) is 1. The fourth-order valence-electron chi connectivity index (χ4n) is 3.70. The number of hydrogen-bond donors (Lipinski definition) is 8. The monoisotopic (exact) mass is 565 g/mol. The lowest BCUT2D eigenvalue weighted by Crippen LogP contribution is -2.52. The predicted octanol–water partition coefficient (Wildman–Crippen LogP) is 0.200. The summed E-state index contributed by atoms with van der Waals surface area (Å²) < 4.78 is 0. The Morgan fingerprint density at radius 3 is 1.85 bits per heavy atom. The normalized spacial score (nSPS) is 12.8. The first-order chi connectivity index (χ1) is 19.0. The molecule has 0 aliphatic carbocycles. The van der Waals surface area contributed by atoms with Crippen LogP contribution in [0, 0.1) is 0 Å². The molecule has 0 radical (unpaired) electrons. The Balaban J connectivity index is 2.71. The van der Waals surface area contributed by atoms with Gasteiger partial charge in [-0.1, -0.05) is 43.2 Å². The molecule has 0 aliphatic rings. The van der Waals surface area contributed by atoms with Crippen molar-refractivity contribution in [2.45, 2.75) is 75.9 Å². The van der Waals surface area contributed by atoms with Crippen molar-refractivity contribution in [1.29, 1.82) is 0 Å². The number of carboxylic acids is 3. The molecule has 0 saturated carbocycles. The Morgan fingerprint density at radius 2 is 1.30 bits per heavy atom. The largest absolute Gasteiger partial charge is 0.481 e. The molecule has 9 N–H and O–H groups in total. The molecule has 222 valence electrons. The van der Waals surface area contributed by atoms with E-state index in [0.29, 0.717) is 13.1 Å². The van der Waals surface area contributed by atoms with Crippen molar-refractivity contribution in [1.82, 2.24) is 21.3 Å². The van der Waals surface area contributed by atoms with Crippen molar-refractivity contribution in [3.8, 4) is 0 Å². The van der Waals surface area contributed by atoms with Gasteiger partial charge in [-0.2, -0.15) is 0 Å². The molecule has 0 bridgehead atoms. The molecule has 14 heteroatoms. The second-order valence-electron chi connectivity index (χ2n) is 9.17. The first-order valence-electron chi connectivity index (χ1n) is 13.1. The highest BCUT2D eigenvalue weighted by Gasteiger charge is 2.26. The Bertz CT molecular complexity index is 990. The van der Waals surface area contributed by atoms with Gasteiger partial charge in [0.05, 0.1) is 0 Å². The molecular weight excluding hydrogens is 526 g/mol. The Labute approximate surface area is 232 Å². The van der Waals surface area contributed by atoms with Crippen molar-refractivity contribution >= 4 is 35.8 Å². The van der Waals surface area contributed by atoms with E-state index >= 15 is 0 Å². The van der Waals surface area contributed by atoms with Gasteiger partial charge in [0.25, 0.3) is 0 Å². The average molecular weight is 566 g/mol. The maximum absolute atomic E-state index is 12.8. The first-order valence-corrected chi connectivity index (χ1v) is 13.1. The van der Waals surface area contributed by atoms with Crippen LogP contribution in [0.5, 0.6) is 0 Å². The Hall–Kier alpha value is -4.20. The van der Waals surface area contributed by atoms with Gasteiger partial charge in [0.1, 0.15) is 18.1 Å². The summed E-state index contributed by atoms with van der Waals surface area (Å²) in [5.41, 5.74) is 6.29. The summed E-state index contributed by atoms with van der Waals surface area (Å²) in [6, 6.07) is 3.89. The minimum Gasteiger partial charge on any atom is -0.481 e. The van der Waals surface area contributed by atoms with Crippen LogP contribution in [0.1, 0.15) is 56.9 Å². The highest BCUT2D eigenvalue weighted by molar-refractivity contribution is 5.89. The number of carbonyl (C=O) groups excluding carboxylic acids is 3. The van der Waals surface area contributed by atoms with Crippen LogP contribution in [0.15, 0.2) is 30.3 Å². The molecule has 0 heterocycles. The fraction of sp³-hybridized carbons (Fsp3) is 0.538. The molecule has 40 heavy (non-hydrogen) atoms. The molecule has 1 aromatic rings. The van der Waals surface area contributed by atoms with Gasteiger partial charge in [0, 0.05) is 25.8 Å². The van der Waals surface area contributed by atoms with E-state index in [9.17, 15) is 33.9 Å². The fourth-order valence-corrected chi connectivity index (χ4v) is 3.70. The third kappa shape index (κ3) is 14.7. The second kappa shape index (κ2) is 19.0. The zero-order chi connectivity index (χ0) is 29.9. The van der Waals surface area contributed by atoms with Crippen LogP contribution in [0.2, 0.25) is 0 Å². The predicted molar refractivity (Wildman–Crippen MR) is 143 cm³/mol.